The Hall–Kier alpha value is -2.24. The molecule has 166 valence electrons. The third kappa shape index (κ3) is 4.39. The second-order valence-electron chi connectivity index (χ2n) is 9.04. The molecule has 1 amide bonds. The number of ketones is 1. The van der Waals surface area contributed by atoms with E-state index in [2.05, 4.69) is 24.0 Å². The van der Waals surface area contributed by atoms with Crippen molar-refractivity contribution in [3.63, 3.8) is 0 Å². The number of piperidine rings is 1. The SMILES string of the molecule is Cc1cccc2c1N(CCN1CCC(C(=O)c3ccc(F)cc3)CC1)C(=O)C2(C)C.Cl. The van der Waals surface area contributed by atoms with Gasteiger partial charge in [-0.15, -0.1) is 12.4 Å². The molecule has 1 saturated heterocycles. The Morgan fingerprint density at radius 1 is 1.06 bits per heavy atom. The predicted molar refractivity (Wildman–Crippen MR) is 124 cm³/mol. The normalized spacial score (nSPS) is 18.6. The number of para-hydroxylation sites is 1. The molecule has 0 aromatic heterocycles. The van der Waals surface area contributed by atoms with Crippen molar-refractivity contribution in [2.45, 2.75) is 39.0 Å². The molecule has 0 saturated carbocycles. The van der Waals surface area contributed by atoms with Gasteiger partial charge in [0.1, 0.15) is 5.82 Å². The summed E-state index contributed by atoms with van der Waals surface area (Å²) in [4.78, 5) is 30.0. The number of aryl methyl sites for hydroxylation is 1. The maximum atomic E-state index is 13.1. The Morgan fingerprint density at radius 2 is 1.71 bits per heavy atom. The number of nitrogens with zero attached hydrogens (tertiary/aromatic N) is 2. The number of hydrogen-bond donors (Lipinski definition) is 0. The molecule has 0 aliphatic carbocycles. The first-order valence-corrected chi connectivity index (χ1v) is 10.7. The predicted octanol–water partition coefficient (Wildman–Crippen LogP) is 4.78. The minimum atomic E-state index is -0.490. The fraction of sp³-hybridized carbons (Fsp3) is 0.440. The van der Waals surface area contributed by atoms with Crippen molar-refractivity contribution in [2.24, 2.45) is 5.92 Å². The fourth-order valence-electron chi connectivity index (χ4n) is 4.80. The first-order chi connectivity index (χ1) is 14.3. The minimum absolute atomic E-state index is 0. The molecule has 0 atom stereocenters. The van der Waals surface area contributed by atoms with Gasteiger partial charge in [0.2, 0.25) is 5.91 Å². The van der Waals surface area contributed by atoms with Crippen LogP contribution in [0.1, 0.15) is 48.2 Å². The summed E-state index contributed by atoms with van der Waals surface area (Å²) in [6.07, 6.45) is 1.59. The molecule has 2 aliphatic heterocycles. The van der Waals surface area contributed by atoms with Gasteiger partial charge in [0.15, 0.2) is 5.78 Å². The highest BCUT2D eigenvalue weighted by atomic mass is 35.5. The van der Waals surface area contributed by atoms with E-state index in [0.717, 1.165) is 49.3 Å². The van der Waals surface area contributed by atoms with Crippen LogP contribution in [0.15, 0.2) is 42.5 Å². The van der Waals surface area contributed by atoms with E-state index in [0.29, 0.717) is 12.1 Å². The largest absolute Gasteiger partial charge is 0.310 e. The molecule has 0 bridgehead atoms. The van der Waals surface area contributed by atoms with Gasteiger partial charge in [-0.3, -0.25) is 9.59 Å². The van der Waals surface area contributed by atoms with Crippen LogP contribution in [0.4, 0.5) is 10.1 Å². The van der Waals surface area contributed by atoms with Gasteiger partial charge in [0.05, 0.1) is 11.1 Å². The van der Waals surface area contributed by atoms with Crippen molar-refractivity contribution in [3.8, 4) is 0 Å². The average molecular weight is 445 g/mol. The standard InChI is InChI=1S/C25H29FN2O2.ClH/c1-17-5-4-6-21-22(17)28(24(30)25(21,2)3)16-15-27-13-11-19(12-14-27)23(29)18-7-9-20(26)10-8-18;/h4-10,19H,11-16H2,1-3H3;1H. The third-order valence-corrected chi connectivity index (χ3v) is 6.69. The van der Waals surface area contributed by atoms with Crippen molar-refractivity contribution in [2.75, 3.05) is 31.1 Å². The van der Waals surface area contributed by atoms with Crippen molar-refractivity contribution < 1.29 is 14.0 Å². The summed E-state index contributed by atoms with van der Waals surface area (Å²) >= 11 is 0. The first kappa shape index (κ1) is 23.4. The second kappa shape index (κ2) is 9.09. The summed E-state index contributed by atoms with van der Waals surface area (Å²) < 4.78 is 13.1. The fourth-order valence-corrected chi connectivity index (χ4v) is 4.80. The molecule has 0 unspecified atom stereocenters. The van der Waals surface area contributed by atoms with E-state index in [-0.39, 0.29) is 35.8 Å². The number of hydrogen-bond acceptors (Lipinski definition) is 3. The van der Waals surface area contributed by atoms with Gasteiger partial charge < -0.3 is 9.80 Å². The van der Waals surface area contributed by atoms with E-state index in [1.54, 1.807) is 12.1 Å². The number of anilines is 1. The van der Waals surface area contributed by atoms with Gasteiger partial charge in [-0.25, -0.2) is 4.39 Å². The van der Waals surface area contributed by atoms with E-state index >= 15 is 0 Å². The molecule has 2 aromatic rings. The Bertz CT molecular complexity index is 966. The van der Waals surface area contributed by atoms with Crippen LogP contribution in [-0.2, 0) is 10.2 Å². The van der Waals surface area contributed by atoms with Crippen LogP contribution in [0, 0.1) is 18.7 Å². The number of carbonyl (C=O) groups is 2. The van der Waals surface area contributed by atoms with Crippen LogP contribution < -0.4 is 4.90 Å². The number of Topliss-reactive ketones (excluding diaryl/α,β-unsaturated/α-hetero) is 1. The highest BCUT2D eigenvalue weighted by Gasteiger charge is 2.44. The van der Waals surface area contributed by atoms with Gasteiger partial charge in [-0.1, -0.05) is 18.2 Å². The van der Waals surface area contributed by atoms with Crippen molar-refractivity contribution in [3.05, 3.63) is 65.0 Å². The zero-order valence-corrected chi connectivity index (χ0v) is 19.2. The smallest absolute Gasteiger partial charge is 0.237 e. The highest BCUT2D eigenvalue weighted by molar-refractivity contribution is 6.08. The Balaban J connectivity index is 0.00000272. The monoisotopic (exact) mass is 444 g/mol. The van der Waals surface area contributed by atoms with Crippen LogP contribution in [0.3, 0.4) is 0 Å². The highest BCUT2D eigenvalue weighted by Crippen LogP contribution is 2.43. The van der Waals surface area contributed by atoms with E-state index in [9.17, 15) is 14.0 Å². The summed E-state index contributed by atoms with van der Waals surface area (Å²) in [5.41, 5.74) is 3.41. The van der Waals surface area contributed by atoms with Gasteiger partial charge in [0.25, 0.3) is 0 Å². The number of benzene rings is 2. The Labute approximate surface area is 189 Å². The summed E-state index contributed by atoms with van der Waals surface area (Å²) in [5, 5.41) is 0. The molecule has 0 N–H and O–H groups in total. The van der Waals surface area contributed by atoms with Crippen LogP contribution in [-0.4, -0.2) is 42.8 Å². The molecular weight excluding hydrogens is 415 g/mol. The topological polar surface area (TPSA) is 40.6 Å². The molecule has 0 radical (unpaired) electrons. The molecule has 31 heavy (non-hydrogen) atoms. The molecular formula is C25H30ClFN2O2. The van der Waals surface area contributed by atoms with Crippen LogP contribution in [0.5, 0.6) is 0 Å². The zero-order valence-electron chi connectivity index (χ0n) is 18.4. The third-order valence-electron chi connectivity index (χ3n) is 6.69. The first-order valence-electron chi connectivity index (χ1n) is 10.7. The van der Waals surface area contributed by atoms with Crippen LogP contribution in [0.25, 0.3) is 0 Å². The average Bonchev–Trinajstić information content (AvgIpc) is 2.94. The van der Waals surface area contributed by atoms with Gasteiger partial charge in [-0.05, 0) is 82.1 Å². The number of fused-ring (bicyclic) bond motifs is 1. The maximum Gasteiger partial charge on any atom is 0.237 e. The minimum Gasteiger partial charge on any atom is -0.310 e. The number of carbonyl (C=O) groups excluding carboxylic acids is 2. The lowest BCUT2D eigenvalue weighted by molar-refractivity contribution is -0.122. The summed E-state index contributed by atoms with van der Waals surface area (Å²) in [5.74, 6) is -0.0660. The van der Waals surface area contributed by atoms with Crippen molar-refractivity contribution >= 4 is 29.8 Å². The van der Waals surface area contributed by atoms with Crippen LogP contribution >= 0.6 is 12.4 Å². The molecule has 2 aliphatic rings. The number of likely N-dealkylation sites (tertiary alicyclic amines) is 1. The van der Waals surface area contributed by atoms with Gasteiger partial charge in [0, 0.05) is 24.6 Å². The lowest BCUT2D eigenvalue weighted by Gasteiger charge is -2.33. The van der Waals surface area contributed by atoms with E-state index in [1.165, 1.54) is 12.1 Å². The zero-order chi connectivity index (χ0) is 21.5. The van der Waals surface area contributed by atoms with E-state index < -0.39 is 5.41 Å². The number of rotatable bonds is 5. The molecule has 1 fully saturated rings. The second-order valence-corrected chi connectivity index (χ2v) is 9.04. The quantitative estimate of drug-likeness (QED) is 0.623. The lowest BCUT2D eigenvalue weighted by Crippen LogP contribution is -2.44. The summed E-state index contributed by atoms with van der Waals surface area (Å²) in [7, 11) is 0. The van der Waals surface area contributed by atoms with E-state index in [4.69, 9.17) is 0 Å². The van der Waals surface area contributed by atoms with Crippen molar-refractivity contribution in [1.29, 1.82) is 0 Å². The Morgan fingerprint density at radius 3 is 2.35 bits per heavy atom. The lowest BCUT2D eigenvalue weighted by atomic mass is 9.85. The molecule has 2 heterocycles. The van der Waals surface area contributed by atoms with Gasteiger partial charge >= 0.3 is 0 Å². The van der Waals surface area contributed by atoms with E-state index in [1.807, 2.05) is 24.8 Å². The molecule has 4 nitrogen and oxygen atoms in total. The molecule has 2 aromatic carbocycles. The molecule has 4 rings (SSSR count). The molecule has 6 heteroatoms. The summed E-state index contributed by atoms with van der Waals surface area (Å²) in [6, 6.07) is 12.0. The number of amides is 1. The van der Waals surface area contributed by atoms with Gasteiger partial charge in [-0.2, -0.15) is 0 Å². The van der Waals surface area contributed by atoms with Crippen LogP contribution in [0.2, 0.25) is 0 Å². The maximum absolute atomic E-state index is 13.1. The number of halogens is 2. The Kier molecular flexibility index (Phi) is 6.87. The molecule has 0 spiro atoms. The van der Waals surface area contributed by atoms with Crippen molar-refractivity contribution in [1.82, 2.24) is 4.90 Å². The summed E-state index contributed by atoms with van der Waals surface area (Å²) in [6.45, 7) is 9.20.